The first-order valence-electron chi connectivity index (χ1n) is 8.12. The summed E-state index contributed by atoms with van der Waals surface area (Å²) in [7, 11) is 0. The molecule has 1 aliphatic rings. The van der Waals surface area contributed by atoms with E-state index in [1.54, 1.807) is 4.68 Å². The van der Waals surface area contributed by atoms with Crippen molar-refractivity contribution in [3.05, 3.63) is 36.2 Å². The number of aromatic nitrogens is 5. The van der Waals surface area contributed by atoms with Crippen LogP contribution < -0.4 is 10.2 Å². The third kappa shape index (κ3) is 2.72. The number of amides is 1. The molecule has 1 saturated heterocycles. The topological polar surface area (TPSA) is 88.8 Å². The van der Waals surface area contributed by atoms with Crippen LogP contribution in [0.15, 0.2) is 24.5 Å². The van der Waals surface area contributed by atoms with Crippen LogP contribution in [-0.4, -0.2) is 44.0 Å². The van der Waals surface area contributed by atoms with Gasteiger partial charge in [0, 0.05) is 25.7 Å². The van der Waals surface area contributed by atoms with Crippen molar-refractivity contribution in [3.8, 4) is 0 Å². The Labute approximate surface area is 146 Å². The molecule has 134 valence electrons. The van der Waals surface area contributed by atoms with E-state index in [0.717, 1.165) is 18.2 Å². The van der Waals surface area contributed by atoms with E-state index in [1.165, 1.54) is 6.33 Å². The number of hydrogen-bond acceptors (Lipinski definition) is 6. The Morgan fingerprint density at radius 2 is 2.12 bits per heavy atom. The van der Waals surface area contributed by atoms with E-state index in [4.69, 9.17) is 0 Å². The molecule has 4 rings (SSSR count). The second-order valence-electron chi connectivity index (χ2n) is 5.99. The lowest BCUT2D eigenvalue weighted by Gasteiger charge is -2.38. The normalized spacial score (nSPS) is 14.5. The molecule has 0 radical (unpaired) electrons. The van der Waals surface area contributed by atoms with Crippen molar-refractivity contribution in [1.82, 2.24) is 25.0 Å². The molecule has 1 aromatic carbocycles. The fourth-order valence-corrected chi connectivity index (χ4v) is 2.87. The van der Waals surface area contributed by atoms with Crippen molar-refractivity contribution in [2.45, 2.75) is 13.5 Å². The van der Waals surface area contributed by atoms with E-state index in [9.17, 15) is 13.6 Å². The molecule has 3 heterocycles. The van der Waals surface area contributed by atoms with Gasteiger partial charge in [0.2, 0.25) is 5.91 Å². The summed E-state index contributed by atoms with van der Waals surface area (Å²) in [5.74, 6) is -1.41. The van der Waals surface area contributed by atoms with Crippen molar-refractivity contribution in [1.29, 1.82) is 0 Å². The fraction of sp³-hybridized carbons (Fsp3) is 0.312. The molecule has 1 aliphatic heterocycles. The summed E-state index contributed by atoms with van der Waals surface area (Å²) in [4.78, 5) is 22.6. The molecule has 0 saturated carbocycles. The third-order valence-electron chi connectivity index (χ3n) is 4.32. The van der Waals surface area contributed by atoms with Crippen LogP contribution >= 0.6 is 0 Å². The molecule has 8 nitrogen and oxygen atoms in total. The van der Waals surface area contributed by atoms with Crippen molar-refractivity contribution >= 4 is 28.6 Å². The largest absolute Gasteiger partial charge is 0.353 e. The van der Waals surface area contributed by atoms with Gasteiger partial charge in [0.15, 0.2) is 17.0 Å². The Morgan fingerprint density at radius 1 is 1.31 bits per heavy atom. The summed E-state index contributed by atoms with van der Waals surface area (Å²) in [6.45, 7) is 3.37. The zero-order valence-corrected chi connectivity index (χ0v) is 13.9. The van der Waals surface area contributed by atoms with Crippen LogP contribution in [0.1, 0.15) is 6.92 Å². The van der Waals surface area contributed by atoms with E-state index in [2.05, 4.69) is 25.6 Å². The average molecular weight is 359 g/mol. The number of nitrogens with one attached hydrogen (secondary N) is 1. The minimum Gasteiger partial charge on any atom is -0.353 e. The summed E-state index contributed by atoms with van der Waals surface area (Å²) < 4.78 is 28.5. The third-order valence-corrected chi connectivity index (χ3v) is 4.32. The molecular weight excluding hydrogens is 344 g/mol. The standard InChI is InChI=1S/C16H15F2N7O/c1-2-25-15-13(22-23-25)14(19-8-20-15)24-6-9(7-24)16(26)21-12-5-10(17)3-4-11(12)18/h3-5,8-9H,2,6-7H2,1H3,(H,21,26). The SMILES string of the molecule is CCn1nnc2c(N3CC(C(=O)Nc4cc(F)ccc4F)C3)ncnc21. The first kappa shape index (κ1) is 16.3. The van der Waals surface area contributed by atoms with Gasteiger partial charge in [-0.15, -0.1) is 5.10 Å². The van der Waals surface area contributed by atoms with Crippen LogP contribution in [0.5, 0.6) is 0 Å². The molecule has 2 aromatic heterocycles. The molecule has 0 atom stereocenters. The molecular formula is C16H15F2N7O. The van der Waals surface area contributed by atoms with E-state index in [-0.39, 0.29) is 17.5 Å². The van der Waals surface area contributed by atoms with Crippen LogP contribution in [0.4, 0.5) is 20.3 Å². The second-order valence-corrected chi connectivity index (χ2v) is 5.99. The number of hydrogen-bond donors (Lipinski definition) is 1. The number of rotatable bonds is 4. The van der Waals surface area contributed by atoms with Crippen molar-refractivity contribution in [2.24, 2.45) is 5.92 Å². The van der Waals surface area contributed by atoms with Crippen LogP contribution in [-0.2, 0) is 11.3 Å². The van der Waals surface area contributed by atoms with Gasteiger partial charge in [-0.1, -0.05) is 5.21 Å². The first-order chi connectivity index (χ1) is 12.6. The Hall–Kier alpha value is -3.17. The van der Waals surface area contributed by atoms with Gasteiger partial charge in [0.1, 0.15) is 18.0 Å². The Morgan fingerprint density at radius 3 is 2.88 bits per heavy atom. The van der Waals surface area contributed by atoms with Crippen molar-refractivity contribution < 1.29 is 13.6 Å². The highest BCUT2D eigenvalue weighted by Gasteiger charge is 2.35. The number of fused-ring (bicyclic) bond motifs is 1. The maximum absolute atomic E-state index is 13.6. The maximum atomic E-state index is 13.6. The van der Waals surface area contributed by atoms with Gasteiger partial charge in [-0.05, 0) is 19.1 Å². The van der Waals surface area contributed by atoms with Gasteiger partial charge in [-0.3, -0.25) is 4.79 Å². The van der Waals surface area contributed by atoms with Gasteiger partial charge in [-0.2, -0.15) is 0 Å². The van der Waals surface area contributed by atoms with E-state index in [1.807, 2.05) is 11.8 Å². The minimum absolute atomic E-state index is 0.163. The second kappa shape index (κ2) is 6.28. The molecule has 1 fully saturated rings. The van der Waals surface area contributed by atoms with Crippen LogP contribution in [0.25, 0.3) is 11.2 Å². The fourth-order valence-electron chi connectivity index (χ4n) is 2.87. The molecule has 0 aliphatic carbocycles. The minimum atomic E-state index is -0.676. The molecule has 1 amide bonds. The molecule has 0 bridgehead atoms. The van der Waals surface area contributed by atoms with Crippen LogP contribution in [0, 0.1) is 17.6 Å². The lowest BCUT2D eigenvalue weighted by Crippen LogP contribution is -2.52. The monoisotopic (exact) mass is 359 g/mol. The number of carbonyl (C=O) groups is 1. The number of carbonyl (C=O) groups excluding carboxylic acids is 1. The molecule has 26 heavy (non-hydrogen) atoms. The molecule has 3 aromatic rings. The van der Waals surface area contributed by atoms with Gasteiger partial charge >= 0.3 is 0 Å². The molecule has 1 N–H and O–H groups in total. The Kier molecular flexibility index (Phi) is 3.94. The van der Waals surface area contributed by atoms with Gasteiger partial charge in [0.25, 0.3) is 0 Å². The first-order valence-corrected chi connectivity index (χ1v) is 8.12. The molecule has 10 heteroatoms. The molecule has 0 spiro atoms. The average Bonchev–Trinajstić information content (AvgIpc) is 3.01. The number of nitrogens with zero attached hydrogens (tertiary/aromatic N) is 6. The Balaban J connectivity index is 1.46. The highest BCUT2D eigenvalue weighted by atomic mass is 19.1. The smallest absolute Gasteiger partial charge is 0.231 e. The summed E-state index contributed by atoms with van der Waals surface area (Å²) in [5.41, 5.74) is 1.04. The Bertz CT molecular complexity index is 984. The maximum Gasteiger partial charge on any atom is 0.231 e. The number of anilines is 2. The summed E-state index contributed by atoms with van der Waals surface area (Å²) in [6, 6.07) is 2.94. The van der Waals surface area contributed by atoms with Gasteiger partial charge in [-0.25, -0.2) is 23.4 Å². The van der Waals surface area contributed by atoms with Crippen molar-refractivity contribution in [2.75, 3.05) is 23.3 Å². The summed E-state index contributed by atoms with van der Waals surface area (Å²) >= 11 is 0. The quantitative estimate of drug-likeness (QED) is 0.761. The van der Waals surface area contributed by atoms with Gasteiger partial charge < -0.3 is 10.2 Å². The summed E-state index contributed by atoms with van der Waals surface area (Å²) in [6.07, 6.45) is 1.43. The van der Waals surface area contributed by atoms with E-state index < -0.39 is 11.6 Å². The van der Waals surface area contributed by atoms with E-state index in [0.29, 0.717) is 36.6 Å². The number of aryl methyl sites for hydroxylation is 1. The van der Waals surface area contributed by atoms with Crippen LogP contribution in [0.3, 0.4) is 0 Å². The zero-order chi connectivity index (χ0) is 18.3. The van der Waals surface area contributed by atoms with Crippen molar-refractivity contribution in [3.63, 3.8) is 0 Å². The summed E-state index contributed by atoms with van der Waals surface area (Å²) in [5, 5.41) is 10.6. The number of benzene rings is 1. The molecule has 0 unspecified atom stereocenters. The lowest BCUT2D eigenvalue weighted by atomic mass is 9.99. The van der Waals surface area contributed by atoms with Gasteiger partial charge in [0.05, 0.1) is 11.6 Å². The number of halogens is 2. The highest BCUT2D eigenvalue weighted by Crippen LogP contribution is 2.28. The predicted molar refractivity (Wildman–Crippen MR) is 89.5 cm³/mol. The highest BCUT2D eigenvalue weighted by molar-refractivity contribution is 5.95. The zero-order valence-electron chi connectivity index (χ0n) is 13.9. The lowest BCUT2D eigenvalue weighted by molar-refractivity contribution is -0.120. The predicted octanol–water partition coefficient (Wildman–Crippen LogP) is 1.59. The van der Waals surface area contributed by atoms with Crippen LogP contribution in [0.2, 0.25) is 0 Å². The van der Waals surface area contributed by atoms with E-state index >= 15 is 0 Å².